The Morgan fingerprint density at radius 3 is 2.96 bits per heavy atom. The molecule has 2 aliphatic rings. The third kappa shape index (κ3) is 3.95. The van der Waals surface area contributed by atoms with Gasteiger partial charge in [-0.3, -0.25) is 4.90 Å². The molecular formula is C18H20F2N4O2S. The second kappa shape index (κ2) is 7.49. The first kappa shape index (κ1) is 18.3. The first-order chi connectivity index (χ1) is 13.0. The van der Waals surface area contributed by atoms with Crippen molar-refractivity contribution in [3.8, 4) is 0 Å². The molecule has 2 saturated heterocycles. The van der Waals surface area contributed by atoms with Gasteiger partial charge >= 0.3 is 6.03 Å². The maximum absolute atomic E-state index is 13.3. The molecule has 0 saturated carbocycles. The Morgan fingerprint density at radius 1 is 1.37 bits per heavy atom. The molecule has 2 atom stereocenters. The highest BCUT2D eigenvalue weighted by molar-refractivity contribution is 7.09. The van der Waals surface area contributed by atoms with E-state index in [0.717, 1.165) is 35.9 Å². The smallest absolute Gasteiger partial charge is 0.321 e. The number of ether oxygens (including phenoxy) is 1. The second-order valence-electron chi connectivity index (χ2n) is 6.77. The number of carbonyl (C=O) groups excluding carboxylic acids is 1. The number of rotatable bonds is 3. The fourth-order valence-electron chi connectivity index (χ4n) is 3.59. The first-order valence-corrected chi connectivity index (χ1v) is 9.65. The Labute approximate surface area is 159 Å². The fourth-order valence-corrected chi connectivity index (χ4v) is 4.19. The lowest BCUT2D eigenvalue weighted by atomic mass is 10.1. The zero-order valence-electron chi connectivity index (χ0n) is 14.8. The number of aromatic nitrogens is 1. The highest BCUT2D eigenvalue weighted by Crippen LogP contribution is 2.25. The molecule has 1 N–H and O–H groups in total. The quantitative estimate of drug-likeness (QED) is 0.870. The maximum atomic E-state index is 13.3. The van der Waals surface area contributed by atoms with Crippen LogP contribution in [0.5, 0.6) is 0 Å². The van der Waals surface area contributed by atoms with E-state index >= 15 is 0 Å². The third-order valence-electron chi connectivity index (χ3n) is 4.91. The molecule has 6 nitrogen and oxygen atoms in total. The molecular weight excluding hydrogens is 374 g/mol. The molecule has 1 aromatic heterocycles. The summed E-state index contributed by atoms with van der Waals surface area (Å²) in [6.45, 7) is 5.10. The van der Waals surface area contributed by atoms with Gasteiger partial charge in [-0.1, -0.05) is 0 Å². The second-order valence-corrected chi connectivity index (χ2v) is 7.83. The zero-order chi connectivity index (χ0) is 19.0. The molecule has 2 amide bonds. The van der Waals surface area contributed by atoms with E-state index < -0.39 is 11.6 Å². The minimum atomic E-state index is -0.990. The van der Waals surface area contributed by atoms with Gasteiger partial charge in [0.25, 0.3) is 0 Å². The fraction of sp³-hybridized carbons (Fsp3) is 0.444. The summed E-state index contributed by atoms with van der Waals surface area (Å²) < 4.78 is 32.2. The Balaban J connectivity index is 1.41. The number of carbonyl (C=O) groups is 1. The standard InChI is InChI=1S/C18H20F2N4O2S/c1-11-21-13(10-27-11)7-23-4-5-26-17-9-24(8-16(17)23)18(25)22-12-2-3-14(19)15(20)6-12/h2-3,6,10,16-17H,4-5,7-9H2,1H3,(H,22,25)/t16-,17-/m0/s1. The Morgan fingerprint density at radius 2 is 2.22 bits per heavy atom. The zero-order valence-corrected chi connectivity index (χ0v) is 15.6. The minimum Gasteiger partial charge on any atom is -0.373 e. The SMILES string of the molecule is Cc1nc(CN2CCO[C@H]3CN(C(=O)Nc4ccc(F)c(F)c4)C[C@@H]32)cs1. The molecule has 0 spiro atoms. The van der Waals surface area contributed by atoms with Crippen LogP contribution in [-0.4, -0.2) is 59.2 Å². The average molecular weight is 394 g/mol. The number of halogens is 2. The van der Waals surface area contributed by atoms with Crippen molar-refractivity contribution in [2.45, 2.75) is 25.6 Å². The molecule has 2 aliphatic heterocycles. The lowest BCUT2D eigenvalue weighted by Crippen LogP contribution is -2.50. The summed E-state index contributed by atoms with van der Waals surface area (Å²) in [5.41, 5.74) is 1.26. The predicted molar refractivity (Wildman–Crippen MR) is 97.7 cm³/mol. The number of thiazole rings is 1. The van der Waals surface area contributed by atoms with Crippen LogP contribution in [0.3, 0.4) is 0 Å². The van der Waals surface area contributed by atoms with E-state index in [9.17, 15) is 13.6 Å². The van der Waals surface area contributed by atoms with Gasteiger partial charge in [-0.05, 0) is 19.1 Å². The molecule has 0 bridgehead atoms. The largest absolute Gasteiger partial charge is 0.373 e. The van der Waals surface area contributed by atoms with Crippen LogP contribution in [0.2, 0.25) is 0 Å². The Kier molecular flexibility index (Phi) is 5.07. The molecule has 0 aliphatic carbocycles. The summed E-state index contributed by atoms with van der Waals surface area (Å²) in [4.78, 5) is 21.0. The first-order valence-electron chi connectivity index (χ1n) is 8.77. The highest BCUT2D eigenvalue weighted by atomic mass is 32.1. The number of anilines is 1. The number of likely N-dealkylation sites (tertiary alicyclic amines) is 1. The lowest BCUT2D eigenvalue weighted by molar-refractivity contribution is -0.0506. The maximum Gasteiger partial charge on any atom is 0.321 e. The number of nitrogens with one attached hydrogen (secondary N) is 1. The number of aryl methyl sites for hydroxylation is 1. The molecule has 3 heterocycles. The molecule has 27 heavy (non-hydrogen) atoms. The normalized spacial score (nSPS) is 22.7. The molecule has 144 valence electrons. The summed E-state index contributed by atoms with van der Waals surface area (Å²) in [6.07, 6.45) is -0.0609. The van der Waals surface area contributed by atoms with Crippen LogP contribution in [0, 0.1) is 18.6 Å². The van der Waals surface area contributed by atoms with Gasteiger partial charge in [-0.2, -0.15) is 0 Å². The molecule has 1 aromatic carbocycles. The van der Waals surface area contributed by atoms with Crippen molar-refractivity contribution in [1.29, 1.82) is 0 Å². The van der Waals surface area contributed by atoms with E-state index in [4.69, 9.17) is 4.74 Å². The van der Waals surface area contributed by atoms with Gasteiger partial charge in [0.05, 0.1) is 36.0 Å². The van der Waals surface area contributed by atoms with Gasteiger partial charge in [0.2, 0.25) is 0 Å². The van der Waals surface area contributed by atoms with Gasteiger partial charge in [-0.25, -0.2) is 18.6 Å². The van der Waals surface area contributed by atoms with Crippen LogP contribution >= 0.6 is 11.3 Å². The molecule has 2 aromatic rings. The van der Waals surface area contributed by atoms with Crippen molar-refractivity contribution in [3.63, 3.8) is 0 Å². The summed E-state index contributed by atoms with van der Waals surface area (Å²) in [6, 6.07) is 3.06. The number of nitrogens with zero attached hydrogens (tertiary/aromatic N) is 3. The van der Waals surface area contributed by atoms with E-state index in [0.29, 0.717) is 19.7 Å². The van der Waals surface area contributed by atoms with Crippen molar-refractivity contribution in [2.24, 2.45) is 0 Å². The molecule has 0 radical (unpaired) electrons. The van der Waals surface area contributed by atoms with Gasteiger partial charge in [0.1, 0.15) is 0 Å². The predicted octanol–water partition coefficient (Wildman–Crippen LogP) is 2.85. The molecule has 2 fully saturated rings. The number of morpholine rings is 1. The van der Waals surface area contributed by atoms with E-state index in [1.165, 1.54) is 6.07 Å². The van der Waals surface area contributed by atoms with Crippen LogP contribution in [0.25, 0.3) is 0 Å². The summed E-state index contributed by atoms with van der Waals surface area (Å²) in [5.74, 6) is -1.93. The summed E-state index contributed by atoms with van der Waals surface area (Å²) >= 11 is 1.63. The van der Waals surface area contributed by atoms with Crippen molar-refractivity contribution in [3.05, 3.63) is 45.9 Å². The highest BCUT2D eigenvalue weighted by Gasteiger charge is 2.42. The van der Waals surface area contributed by atoms with Gasteiger partial charge in [0, 0.05) is 36.8 Å². The molecule has 4 rings (SSSR count). The molecule has 0 unspecified atom stereocenters. The van der Waals surface area contributed by atoms with Gasteiger partial charge < -0.3 is 15.0 Å². The number of hydrogen-bond acceptors (Lipinski definition) is 5. The average Bonchev–Trinajstić information content (AvgIpc) is 3.25. The van der Waals surface area contributed by atoms with Crippen molar-refractivity contribution < 1.29 is 18.3 Å². The van der Waals surface area contributed by atoms with Crippen LogP contribution < -0.4 is 5.32 Å². The molecule has 9 heteroatoms. The van der Waals surface area contributed by atoms with Crippen LogP contribution in [0.1, 0.15) is 10.7 Å². The minimum absolute atomic E-state index is 0.0609. The Hall–Kier alpha value is -2.10. The topological polar surface area (TPSA) is 57.7 Å². The Bertz CT molecular complexity index is 847. The van der Waals surface area contributed by atoms with E-state index in [1.807, 2.05) is 6.92 Å². The number of benzene rings is 1. The summed E-state index contributed by atoms with van der Waals surface area (Å²) in [5, 5.41) is 5.72. The third-order valence-corrected chi connectivity index (χ3v) is 5.73. The van der Waals surface area contributed by atoms with Crippen molar-refractivity contribution >= 4 is 23.1 Å². The van der Waals surface area contributed by atoms with Gasteiger partial charge in [0.15, 0.2) is 11.6 Å². The lowest BCUT2D eigenvalue weighted by Gasteiger charge is -2.36. The van der Waals surface area contributed by atoms with E-state index in [-0.39, 0.29) is 23.9 Å². The van der Waals surface area contributed by atoms with E-state index in [2.05, 4.69) is 20.6 Å². The van der Waals surface area contributed by atoms with Crippen molar-refractivity contribution in [1.82, 2.24) is 14.8 Å². The number of amides is 2. The van der Waals surface area contributed by atoms with Gasteiger partial charge in [-0.15, -0.1) is 11.3 Å². The van der Waals surface area contributed by atoms with Crippen molar-refractivity contribution in [2.75, 3.05) is 31.6 Å². The summed E-state index contributed by atoms with van der Waals surface area (Å²) in [7, 11) is 0. The number of hydrogen-bond donors (Lipinski definition) is 1. The van der Waals surface area contributed by atoms with E-state index in [1.54, 1.807) is 16.2 Å². The monoisotopic (exact) mass is 394 g/mol. The number of fused-ring (bicyclic) bond motifs is 1. The van der Waals surface area contributed by atoms with Crippen LogP contribution in [-0.2, 0) is 11.3 Å². The van der Waals surface area contributed by atoms with Crippen LogP contribution in [0.4, 0.5) is 19.3 Å². The van der Waals surface area contributed by atoms with Crippen LogP contribution in [0.15, 0.2) is 23.6 Å². The number of urea groups is 1.